The summed E-state index contributed by atoms with van der Waals surface area (Å²) in [7, 11) is 0. The van der Waals surface area contributed by atoms with Crippen LogP contribution in [0, 0.1) is 5.92 Å². The third-order valence-electron chi connectivity index (χ3n) is 5.55. The summed E-state index contributed by atoms with van der Waals surface area (Å²) in [6.07, 6.45) is 6.46. The number of nitrogens with zero attached hydrogens (tertiary/aromatic N) is 2. The van der Waals surface area contributed by atoms with E-state index in [2.05, 4.69) is 17.1 Å². The summed E-state index contributed by atoms with van der Waals surface area (Å²) in [4.78, 5) is 27.9. The van der Waals surface area contributed by atoms with Crippen LogP contribution < -0.4 is 0 Å². The van der Waals surface area contributed by atoms with Crippen molar-refractivity contribution in [2.75, 3.05) is 13.2 Å². The Bertz CT molecular complexity index is 779. The number of aromatic nitrogens is 1. The Balaban J connectivity index is 0.000000339. The zero-order chi connectivity index (χ0) is 22.4. The molecule has 31 heavy (non-hydrogen) atoms. The lowest BCUT2D eigenvalue weighted by Crippen LogP contribution is -2.45. The molecule has 10 heteroatoms. The van der Waals surface area contributed by atoms with Gasteiger partial charge in [0.1, 0.15) is 12.2 Å². The number of rotatable bonds is 4. The first-order valence-electron chi connectivity index (χ1n) is 10.1. The van der Waals surface area contributed by atoms with Gasteiger partial charge in [0, 0.05) is 31.5 Å². The molecule has 7 nitrogen and oxygen atoms in total. The topological polar surface area (TPSA) is 89.0 Å². The van der Waals surface area contributed by atoms with Crippen molar-refractivity contribution in [2.45, 2.75) is 56.7 Å². The van der Waals surface area contributed by atoms with Crippen LogP contribution >= 0.6 is 0 Å². The number of alkyl halides is 3. The van der Waals surface area contributed by atoms with Gasteiger partial charge in [0.25, 0.3) is 0 Å². The predicted octanol–water partition coefficient (Wildman–Crippen LogP) is 2.96. The van der Waals surface area contributed by atoms with Crippen LogP contribution in [0.25, 0.3) is 0 Å². The van der Waals surface area contributed by atoms with Crippen molar-refractivity contribution in [3.8, 4) is 0 Å². The van der Waals surface area contributed by atoms with E-state index >= 15 is 0 Å². The van der Waals surface area contributed by atoms with Crippen molar-refractivity contribution in [3.63, 3.8) is 0 Å². The molecule has 0 unspecified atom stereocenters. The van der Waals surface area contributed by atoms with Crippen molar-refractivity contribution < 1.29 is 37.3 Å². The molecule has 1 aromatic rings. The van der Waals surface area contributed by atoms with E-state index in [9.17, 15) is 18.0 Å². The first-order valence-corrected chi connectivity index (χ1v) is 10.1. The fourth-order valence-electron chi connectivity index (χ4n) is 4.05. The summed E-state index contributed by atoms with van der Waals surface area (Å²) in [6, 6.07) is 4.09. The van der Waals surface area contributed by atoms with E-state index in [1.165, 1.54) is 0 Å². The van der Waals surface area contributed by atoms with Gasteiger partial charge in [0.05, 0.1) is 12.6 Å². The van der Waals surface area contributed by atoms with E-state index in [-0.39, 0.29) is 30.1 Å². The van der Waals surface area contributed by atoms with Gasteiger partial charge in [0.2, 0.25) is 5.91 Å². The number of aliphatic carboxylic acids is 1. The fourth-order valence-corrected chi connectivity index (χ4v) is 4.05. The number of ether oxygens (including phenoxy) is 2. The number of carbonyl (C=O) groups is 2. The van der Waals surface area contributed by atoms with Crippen molar-refractivity contribution in [1.29, 1.82) is 0 Å². The average molecular weight is 442 g/mol. The molecular formula is C21H25F3N2O5. The predicted molar refractivity (Wildman–Crippen MR) is 103 cm³/mol. The Hall–Kier alpha value is -2.46. The standard InChI is InChI=1S/C19H24N2O3.C2HF3O2/c22-19(15-6-1-2-7-15)21-12-17(18-16(21)8-4-10-23-18)24-13-14-5-3-9-20-11-14;3-2(4,5)1(6)7/h1-3,5,9,11,15-18H,4,6-8,10,12-13H2;(H,6,7)/t16-,17+,18+;/m1./s1. The highest BCUT2D eigenvalue weighted by atomic mass is 19.4. The number of amides is 1. The Morgan fingerprint density at radius 2 is 2.00 bits per heavy atom. The quantitative estimate of drug-likeness (QED) is 0.722. The summed E-state index contributed by atoms with van der Waals surface area (Å²) >= 11 is 0. The molecule has 0 spiro atoms. The number of likely N-dealkylation sites (tertiary alicyclic amines) is 1. The zero-order valence-corrected chi connectivity index (χ0v) is 16.8. The molecule has 3 atom stereocenters. The maximum absolute atomic E-state index is 12.9. The lowest BCUT2D eigenvalue weighted by Gasteiger charge is -2.33. The molecule has 1 N–H and O–H groups in total. The third kappa shape index (κ3) is 6.04. The molecule has 4 rings (SSSR count). The highest BCUT2D eigenvalue weighted by molar-refractivity contribution is 5.80. The molecule has 2 fully saturated rings. The van der Waals surface area contributed by atoms with Gasteiger partial charge in [0.15, 0.2) is 0 Å². The number of hydrogen-bond acceptors (Lipinski definition) is 5. The van der Waals surface area contributed by atoms with E-state index in [0.717, 1.165) is 37.9 Å². The lowest BCUT2D eigenvalue weighted by atomic mass is 10.0. The number of hydrogen-bond donors (Lipinski definition) is 1. The van der Waals surface area contributed by atoms with Crippen LogP contribution in [0.1, 0.15) is 31.2 Å². The van der Waals surface area contributed by atoms with Crippen LogP contribution in [0.15, 0.2) is 36.7 Å². The molecule has 3 heterocycles. The van der Waals surface area contributed by atoms with Crippen molar-refractivity contribution >= 4 is 11.9 Å². The molecule has 0 radical (unpaired) electrons. The summed E-state index contributed by atoms with van der Waals surface area (Å²) in [6.45, 7) is 1.92. The molecule has 2 aliphatic heterocycles. The smallest absolute Gasteiger partial charge is 0.475 e. The van der Waals surface area contributed by atoms with Gasteiger partial charge >= 0.3 is 12.1 Å². The largest absolute Gasteiger partial charge is 0.490 e. The van der Waals surface area contributed by atoms with E-state index in [0.29, 0.717) is 13.2 Å². The van der Waals surface area contributed by atoms with Crippen molar-refractivity contribution in [1.82, 2.24) is 9.88 Å². The number of carboxylic acids is 1. The number of halogens is 3. The Kier molecular flexibility index (Phi) is 7.66. The molecule has 1 amide bonds. The van der Waals surface area contributed by atoms with Gasteiger partial charge < -0.3 is 19.5 Å². The summed E-state index contributed by atoms with van der Waals surface area (Å²) in [5.74, 6) is -2.37. The first kappa shape index (κ1) is 23.2. The van der Waals surface area contributed by atoms with Gasteiger partial charge in [-0.05, 0) is 37.3 Å². The second-order valence-electron chi connectivity index (χ2n) is 7.69. The molecule has 1 aromatic heterocycles. The minimum atomic E-state index is -5.08. The third-order valence-corrected chi connectivity index (χ3v) is 5.55. The highest BCUT2D eigenvalue weighted by Gasteiger charge is 2.47. The number of fused-ring (bicyclic) bond motifs is 1. The number of pyridine rings is 1. The van der Waals surface area contributed by atoms with Crippen LogP contribution in [0.2, 0.25) is 0 Å². The molecule has 0 bridgehead atoms. The molecule has 0 aromatic carbocycles. The molecule has 1 aliphatic carbocycles. The second-order valence-corrected chi connectivity index (χ2v) is 7.69. The van der Waals surface area contributed by atoms with E-state index in [4.69, 9.17) is 19.4 Å². The zero-order valence-electron chi connectivity index (χ0n) is 16.8. The Morgan fingerprint density at radius 1 is 1.29 bits per heavy atom. The SMILES string of the molecule is O=C(C1CC=CC1)N1C[C@H](OCc2cccnc2)[C@H]2OCCC[C@H]21.O=C(O)C(F)(F)F. The first-order chi connectivity index (χ1) is 14.8. The molecule has 3 aliphatic rings. The maximum atomic E-state index is 12.9. The molecular weight excluding hydrogens is 417 g/mol. The Morgan fingerprint density at radius 3 is 2.61 bits per heavy atom. The monoisotopic (exact) mass is 442 g/mol. The van der Waals surface area contributed by atoms with Gasteiger partial charge in [-0.25, -0.2) is 4.79 Å². The number of carbonyl (C=O) groups excluding carboxylic acids is 1. The normalized spacial score (nSPS) is 25.6. The fraction of sp³-hybridized carbons (Fsp3) is 0.571. The van der Waals surface area contributed by atoms with Crippen LogP contribution in [0.3, 0.4) is 0 Å². The molecule has 2 saturated heterocycles. The van der Waals surface area contributed by atoms with Gasteiger partial charge in [-0.1, -0.05) is 18.2 Å². The molecule has 0 saturated carbocycles. The van der Waals surface area contributed by atoms with Crippen LogP contribution in [0.4, 0.5) is 13.2 Å². The highest BCUT2D eigenvalue weighted by Crippen LogP contribution is 2.34. The minimum absolute atomic E-state index is 0.00809. The minimum Gasteiger partial charge on any atom is -0.475 e. The molecule has 170 valence electrons. The van der Waals surface area contributed by atoms with Crippen LogP contribution in [0.5, 0.6) is 0 Å². The average Bonchev–Trinajstić information content (AvgIpc) is 3.41. The summed E-state index contributed by atoms with van der Waals surface area (Å²) in [5.41, 5.74) is 1.05. The van der Waals surface area contributed by atoms with Crippen molar-refractivity contribution in [2.24, 2.45) is 5.92 Å². The maximum Gasteiger partial charge on any atom is 0.490 e. The number of allylic oxidation sites excluding steroid dienone is 2. The summed E-state index contributed by atoms with van der Waals surface area (Å²) < 4.78 is 43.9. The second kappa shape index (κ2) is 10.2. The van der Waals surface area contributed by atoms with Crippen LogP contribution in [-0.2, 0) is 25.7 Å². The Labute approximate surface area is 177 Å². The lowest BCUT2D eigenvalue weighted by molar-refractivity contribution is -0.192. The van der Waals surface area contributed by atoms with Gasteiger partial charge in [-0.2, -0.15) is 13.2 Å². The summed E-state index contributed by atoms with van der Waals surface area (Å²) in [5, 5.41) is 7.12. The van der Waals surface area contributed by atoms with E-state index in [1.54, 1.807) is 6.20 Å². The number of carboxylic acid groups (broad SMARTS) is 1. The van der Waals surface area contributed by atoms with Gasteiger partial charge in [-0.3, -0.25) is 9.78 Å². The van der Waals surface area contributed by atoms with E-state index in [1.807, 2.05) is 23.2 Å². The van der Waals surface area contributed by atoms with E-state index < -0.39 is 12.1 Å². The van der Waals surface area contributed by atoms with Crippen molar-refractivity contribution in [3.05, 3.63) is 42.2 Å². The van der Waals surface area contributed by atoms with Gasteiger partial charge in [-0.15, -0.1) is 0 Å². The van der Waals surface area contributed by atoms with Crippen LogP contribution in [-0.4, -0.2) is 64.4 Å².